The van der Waals surface area contributed by atoms with Crippen molar-refractivity contribution in [1.29, 1.82) is 0 Å². The summed E-state index contributed by atoms with van der Waals surface area (Å²) in [4.78, 5) is 8.63. The van der Waals surface area contributed by atoms with Crippen molar-refractivity contribution in [2.24, 2.45) is 15.4 Å². The lowest BCUT2D eigenvalue weighted by Crippen LogP contribution is -2.19. The molecule has 0 radical (unpaired) electrons. The molecular formula is C25H44N4. The first kappa shape index (κ1) is 28.8. The Labute approximate surface area is 180 Å². The van der Waals surface area contributed by atoms with E-state index in [4.69, 9.17) is 0 Å². The summed E-state index contributed by atoms with van der Waals surface area (Å²) in [6.45, 7) is 28.5. The molecule has 0 aromatic heterocycles. The quantitative estimate of drug-likeness (QED) is 0.332. The lowest BCUT2D eigenvalue weighted by Gasteiger charge is -2.18. The van der Waals surface area contributed by atoms with Crippen LogP contribution in [0.2, 0.25) is 0 Å². The van der Waals surface area contributed by atoms with Gasteiger partial charge in [0.05, 0.1) is 0 Å². The molecule has 0 spiro atoms. The van der Waals surface area contributed by atoms with Crippen LogP contribution in [-0.4, -0.2) is 11.5 Å². The molecule has 0 aromatic carbocycles. The van der Waals surface area contributed by atoms with Gasteiger partial charge in [0.15, 0.2) is 0 Å². The van der Waals surface area contributed by atoms with Crippen LogP contribution in [0.15, 0.2) is 70.4 Å². The van der Waals surface area contributed by atoms with Crippen molar-refractivity contribution < 1.29 is 0 Å². The van der Waals surface area contributed by atoms with Crippen molar-refractivity contribution in [3.05, 3.63) is 60.4 Å². The van der Waals surface area contributed by atoms with Gasteiger partial charge in [0.25, 0.3) is 0 Å². The normalized spacial score (nSPS) is 13.2. The van der Waals surface area contributed by atoms with Gasteiger partial charge < -0.3 is 10.6 Å². The predicted octanol–water partition coefficient (Wildman–Crippen LogP) is 7.27. The van der Waals surface area contributed by atoms with Gasteiger partial charge in [-0.15, -0.1) is 0 Å². The second kappa shape index (κ2) is 15.5. The Morgan fingerprint density at radius 1 is 0.966 bits per heavy atom. The van der Waals surface area contributed by atoms with Crippen LogP contribution in [0.1, 0.15) is 82.1 Å². The van der Waals surface area contributed by atoms with Crippen LogP contribution in [0.5, 0.6) is 0 Å². The molecule has 0 aromatic rings. The largest absolute Gasteiger partial charge is 0.368 e. The number of amidine groups is 1. The summed E-state index contributed by atoms with van der Waals surface area (Å²) in [7, 11) is 0. The fourth-order valence-electron chi connectivity index (χ4n) is 1.64. The Morgan fingerprint density at radius 3 is 2.00 bits per heavy atom. The molecule has 0 saturated carbocycles. The van der Waals surface area contributed by atoms with E-state index in [9.17, 15) is 0 Å². The van der Waals surface area contributed by atoms with Crippen molar-refractivity contribution in [2.45, 2.75) is 82.1 Å². The first-order valence-electron chi connectivity index (χ1n) is 10.2. The summed E-state index contributed by atoms with van der Waals surface area (Å²) < 4.78 is 0. The van der Waals surface area contributed by atoms with Gasteiger partial charge in [-0.3, -0.25) is 4.99 Å². The Morgan fingerprint density at radius 2 is 1.55 bits per heavy atom. The van der Waals surface area contributed by atoms with Crippen LogP contribution in [0.3, 0.4) is 0 Å². The highest BCUT2D eigenvalue weighted by atomic mass is 15.0. The number of hydrogen-bond acceptors (Lipinski definition) is 3. The molecule has 0 bridgehead atoms. The third-order valence-corrected chi connectivity index (χ3v) is 3.99. The Bertz CT molecular complexity index is 661. The maximum Gasteiger partial charge on any atom is 0.102 e. The first-order chi connectivity index (χ1) is 13.3. The van der Waals surface area contributed by atoms with E-state index in [0.29, 0.717) is 0 Å². The highest BCUT2D eigenvalue weighted by Gasteiger charge is 2.11. The maximum atomic E-state index is 4.36. The molecule has 2 N–H and O–H groups in total. The summed E-state index contributed by atoms with van der Waals surface area (Å²) in [5.41, 5.74) is 6.04. The van der Waals surface area contributed by atoms with Crippen LogP contribution in [0.25, 0.3) is 0 Å². The van der Waals surface area contributed by atoms with Gasteiger partial charge in [-0.25, -0.2) is 4.99 Å². The molecule has 29 heavy (non-hydrogen) atoms. The van der Waals surface area contributed by atoms with Crippen LogP contribution < -0.4 is 10.6 Å². The van der Waals surface area contributed by atoms with E-state index in [-0.39, 0.29) is 5.41 Å². The summed E-state index contributed by atoms with van der Waals surface area (Å²) in [6.07, 6.45) is 9.18. The SMILES string of the molecule is C=CN/C=C(\C)CC(=C)NC(C)=NC=C(C)C.CCC(C)=N/C=C(\C)C(C)(C)C. The standard InChI is InChI=1S/C14H23N3.C11H21N/c1-7-15-10-12(4)8-13(5)17-14(6)16-9-11(2)3;1-7-10(3)12-8-9(2)11(4,5)6/h7,9-10,15H,1,5,8H2,2-4,6H3,(H,16,17);8H,7H2,1-6H3/b12-10+;9-8+,12-10?. The fraction of sp³-hybridized carbons (Fsp3) is 0.520. The van der Waals surface area contributed by atoms with E-state index >= 15 is 0 Å². The van der Waals surface area contributed by atoms with E-state index in [0.717, 1.165) is 24.4 Å². The molecule has 0 aliphatic carbocycles. The highest BCUT2D eigenvalue weighted by molar-refractivity contribution is 5.82. The maximum absolute atomic E-state index is 4.36. The highest BCUT2D eigenvalue weighted by Crippen LogP contribution is 2.24. The minimum Gasteiger partial charge on any atom is -0.368 e. The Hall–Kier alpha value is -2.36. The van der Waals surface area contributed by atoms with Gasteiger partial charge in [0, 0.05) is 30.2 Å². The molecule has 164 valence electrons. The summed E-state index contributed by atoms with van der Waals surface area (Å²) in [5.74, 6) is 0.848. The summed E-state index contributed by atoms with van der Waals surface area (Å²) >= 11 is 0. The lowest BCUT2D eigenvalue weighted by atomic mass is 9.88. The average Bonchev–Trinajstić information content (AvgIpc) is 2.61. The van der Waals surface area contributed by atoms with Gasteiger partial charge >= 0.3 is 0 Å². The van der Waals surface area contributed by atoms with Gasteiger partial charge in [-0.2, -0.15) is 0 Å². The van der Waals surface area contributed by atoms with Crippen LogP contribution >= 0.6 is 0 Å². The van der Waals surface area contributed by atoms with Gasteiger partial charge in [-0.05, 0) is 71.4 Å². The van der Waals surface area contributed by atoms with Crippen molar-refractivity contribution in [2.75, 3.05) is 0 Å². The number of aliphatic imine (C=N–C) groups is 2. The van der Waals surface area contributed by atoms with E-state index in [1.54, 1.807) is 6.20 Å². The average molecular weight is 401 g/mol. The minimum atomic E-state index is 0.248. The van der Waals surface area contributed by atoms with Crippen molar-refractivity contribution >= 4 is 11.5 Å². The van der Waals surface area contributed by atoms with E-state index in [1.807, 2.05) is 46.3 Å². The Balaban J connectivity index is 0. The number of nitrogens with zero attached hydrogens (tertiary/aromatic N) is 2. The first-order valence-corrected chi connectivity index (χ1v) is 10.2. The molecule has 0 saturated heterocycles. The number of hydrogen-bond donors (Lipinski definition) is 2. The molecule has 0 heterocycles. The van der Waals surface area contributed by atoms with Gasteiger partial charge in [0.2, 0.25) is 0 Å². The van der Waals surface area contributed by atoms with E-state index < -0.39 is 0 Å². The molecule has 0 aliphatic rings. The molecule has 0 rings (SSSR count). The molecule has 0 atom stereocenters. The predicted molar refractivity (Wildman–Crippen MR) is 133 cm³/mol. The zero-order valence-corrected chi connectivity index (χ0v) is 20.5. The van der Waals surface area contributed by atoms with E-state index in [1.165, 1.54) is 22.4 Å². The summed E-state index contributed by atoms with van der Waals surface area (Å²) in [5, 5.41) is 6.10. The van der Waals surface area contributed by atoms with Crippen LogP contribution in [0.4, 0.5) is 0 Å². The molecule has 4 heteroatoms. The topological polar surface area (TPSA) is 48.8 Å². The second-order valence-electron chi connectivity index (χ2n) is 8.47. The smallest absolute Gasteiger partial charge is 0.102 e. The molecule has 0 fully saturated rings. The second-order valence-corrected chi connectivity index (χ2v) is 8.47. The monoisotopic (exact) mass is 400 g/mol. The fourth-order valence-corrected chi connectivity index (χ4v) is 1.64. The zero-order valence-electron chi connectivity index (χ0n) is 20.5. The van der Waals surface area contributed by atoms with Gasteiger partial charge in [-0.1, -0.05) is 52.0 Å². The third kappa shape index (κ3) is 18.8. The number of rotatable bonds is 8. The number of allylic oxidation sites excluding steroid dienone is 3. The minimum absolute atomic E-state index is 0.248. The van der Waals surface area contributed by atoms with Gasteiger partial charge in [0.1, 0.15) is 5.84 Å². The van der Waals surface area contributed by atoms with Crippen molar-refractivity contribution in [3.8, 4) is 0 Å². The van der Waals surface area contributed by atoms with Crippen LogP contribution in [-0.2, 0) is 0 Å². The number of nitrogens with one attached hydrogen (secondary N) is 2. The molecule has 0 unspecified atom stereocenters. The Kier molecular flexibility index (Phi) is 15.5. The third-order valence-electron chi connectivity index (χ3n) is 3.99. The molecule has 0 amide bonds. The van der Waals surface area contributed by atoms with Crippen molar-refractivity contribution in [3.63, 3.8) is 0 Å². The van der Waals surface area contributed by atoms with Crippen LogP contribution in [0, 0.1) is 5.41 Å². The molecule has 0 aliphatic heterocycles. The van der Waals surface area contributed by atoms with Crippen molar-refractivity contribution in [1.82, 2.24) is 10.6 Å². The molecule has 4 nitrogen and oxygen atoms in total. The lowest BCUT2D eigenvalue weighted by molar-refractivity contribution is 0.502. The van der Waals surface area contributed by atoms with E-state index in [2.05, 4.69) is 75.3 Å². The zero-order chi connectivity index (χ0) is 23.0. The molecular weight excluding hydrogens is 356 g/mol. The summed E-state index contributed by atoms with van der Waals surface area (Å²) in [6, 6.07) is 0.